The molecule has 0 saturated heterocycles. The van der Waals surface area contributed by atoms with Gasteiger partial charge in [0, 0.05) is 17.2 Å². The fourth-order valence-electron chi connectivity index (χ4n) is 1.39. The van der Waals surface area contributed by atoms with Crippen molar-refractivity contribution in [3.8, 4) is 0 Å². The first kappa shape index (κ1) is 14.0. The second-order valence-corrected chi connectivity index (χ2v) is 4.72. The number of nitro benzene ring substituents is 1. The van der Waals surface area contributed by atoms with E-state index in [1.807, 2.05) is 20.8 Å². The maximum Gasteiger partial charge on any atom is 0.293 e. The Morgan fingerprint density at radius 1 is 1.50 bits per heavy atom. The number of carbonyl (C=O) groups is 1. The molecule has 0 spiro atoms. The predicted octanol–water partition coefficient (Wildman–Crippen LogP) is 2.29. The molecular formula is C12H17N3O3. The van der Waals surface area contributed by atoms with E-state index in [1.165, 1.54) is 18.2 Å². The number of nitrogens with two attached hydrogens (primary N) is 1. The lowest BCUT2D eigenvalue weighted by Gasteiger charge is -2.25. The first-order valence-corrected chi connectivity index (χ1v) is 5.63. The van der Waals surface area contributed by atoms with Crippen LogP contribution in [0.2, 0.25) is 0 Å². The largest absolute Gasteiger partial charge is 0.375 e. The Labute approximate surface area is 105 Å². The van der Waals surface area contributed by atoms with Crippen molar-refractivity contribution in [1.29, 1.82) is 0 Å². The molecule has 0 aromatic heterocycles. The molecule has 0 unspecified atom stereocenters. The predicted molar refractivity (Wildman–Crippen MR) is 69.6 cm³/mol. The standard InChI is InChI=1S/C12H17N3O3/c1-4-12(2,3)14-9-6-5-8(11(13)16)7-10(9)15(17)18/h5-7,14H,4H2,1-3H3,(H2,13,16). The number of nitrogens with one attached hydrogen (secondary N) is 1. The van der Waals surface area contributed by atoms with Gasteiger partial charge in [-0.05, 0) is 32.4 Å². The molecule has 0 aliphatic carbocycles. The van der Waals surface area contributed by atoms with Crippen molar-refractivity contribution in [2.45, 2.75) is 32.7 Å². The Kier molecular flexibility index (Phi) is 3.90. The van der Waals surface area contributed by atoms with Crippen LogP contribution in [0.4, 0.5) is 11.4 Å². The minimum absolute atomic E-state index is 0.126. The van der Waals surface area contributed by atoms with Gasteiger partial charge in [0.25, 0.3) is 5.69 Å². The molecule has 0 aliphatic heterocycles. The van der Waals surface area contributed by atoms with Crippen molar-refractivity contribution < 1.29 is 9.72 Å². The summed E-state index contributed by atoms with van der Waals surface area (Å²) in [6.07, 6.45) is 0.807. The molecule has 0 fully saturated rings. The van der Waals surface area contributed by atoms with E-state index in [4.69, 9.17) is 5.73 Å². The second-order valence-electron chi connectivity index (χ2n) is 4.72. The highest BCUT2D eigenvalue weighted by molar-refractivity contribution is 5.94. The first-order valence-electron chi connectivity index (χ1n) is 5.63. The van der Waals surface area contributed by atoms with Crippen molar-refractivity contribution in [3.05, 3.63) is 33.9 Å². The second kappa shape index (κ2) is 5.03. The SMILES string of the molecule is CCC(C)(C)Nc1ccc(C(N)=O)cc1[N+](=O)[O-]. The average Bonchev–Trinajstić information content (AvgIpc) is 2.28. The quantitative estimate of drug-likeness (QED) is 0.619. The third kappa shape index (κ3) is 3.19. The molecule has 18 heavy (non-hydrogen) atoms. The maximum absolute atomic E-state index is 11.0. The summed E-state index contributed by atoms with van der Waals surface area (Å²) < 4.78 is 0. The Morgan fingerprint density at radius 2 is 2.11 bits per heavy atom. The van der Waals surface area contributed by atoms with E-state index in [2.05, 4.69) is 5.32 Å². The van der Waals surface area contributed by atoms with Gasteiger partial charge in [-0.1, -0.05) is 6.92 Å². The number of carbonyl (C=O) groups excluding carboxylic acids is 1. The lowest BCUT2D eigenvalue weighted by molar-refractivity contribution is -0.384. The third-order valence-electron chi connectivity index (χ3n) is 2.84. The van der Waals surface area contributed by atoms with E-state index >= 15 is 0 Å². The van der Waals surface area contributed by atoms with E-state index in [-0.39, 0.29) is 16.8 Å². The molecule has 98 valence electrons. The van der Waals surface area contributed by atoms with Gasteiger partial charge < -0.3 is 11.1 Å². The van der Waals surface area contributed by atoms with Crippen LogP contribution in [0.1, 0.15) is 37.6 Å². The number of benzene rings is 1. The Morgan fingerprint density at radius 3 is 2.56 bits per heavy atom. The molecule has 1 aromatic rings. The van der Waals surface area contributed by atoms with Crippen molar-refractivity contribution in [2.75, 3.05) is 5.32 Å². The van der Waals surface area contributed by atoms with Gasteiger partial charge in [0.2, 0.25) is 5.91 Å². The van der Waals surface area contributed by atoms with Crippen LogP contribution in [-0.4, -0.2) is 16.4 Å². The molecule has 0 atom stereocenters. The van der Waals surface area contributed by atoms with Crippen molar-refractivity contribution in [2.24, 2.45) is 5.73 Å². The zero-order chi connectivity index (χ0) is 13.9. The van der Waals surface area contributed by atoms with E-state index < -0.39 is 10.8 Å². The van der Waals surface area contributed by atoms with Gasteiger partial charge in [0.1, 0.15) is 5.69 Å². The minimum atomic E-state index is -0.681. The number of anilines is 1. The number of amides is 1. The highest BCUT2D eigenvalue weighted by Gasteiger charge is 2.22. The Balaban J connectivity index is 3.20. The maximum atomic E-state index is 11.0. The zero-order valence-corrected chi connectivity index (χ0v) is 10.7. The molecule has 1 amide bonds. The molecule has 1 rings (SSSR count). The molecule has 0 bridgehead atoms. The van der Waals surface area contributed by atoms with Crippen molar-refractivity contribution in [3.63, 3.8) is 0 Å². The smallest absolute Gasteiger partial charge is 0.293 e. The number of hydrogen-bond acceptors (Lipinski definition) is 4. The van der Waals surface area contributed by atoms with Crippen LogP contribution in [0.15, 0.2) is 18.2 Å². The summed E-state index contributed by atoms with van der Waals surface area (Å²) in [6.45, 7) is 5.87. The summed E-state index contributed by atoms with van der Waals surface area (Å²) >= 11 is 0. The number of nitro groups is 1. The lowest BCUT2D eigenvalue weighted by Crippen LogP contribution is -2.30. The molecule has 6 nitrogen and oxygen atoms in total. The number of hydrogen-bond donors (Lipinski definition) is 2. The number of nitrogens with zero attached hydrogens (tertiary/aromatic N) is 1. The van der Waals surface area contributed by atoms with Gasteiger partial charge in [0.05, 0.1) is 4.92 Å². The van der Waals surface area contributed by atoms with Crippen LogP contribution in [0.25, 0.3) is 0 Å². The van der Waals surface area contributed by atoms with Crippen LogP contribution in [-0.2, 0) is 0 Å². The molecule has 6 heteroatoms. The van der Waals surface area contributed by atoms with Crippen LogP contribution in [0.3, 0.4) is 0 Å². The van der Waals surface area contributed by atoms with E-state index in [0.717, 1.165) is 6.42 Å². The highest BCUT2D eigenvalue weighted by atomic mass is 16.6. The Bertz CT molecular complexity index is 483. The van der Waals surface area contributed by atoms with Crippen LogP contribution in [0.5, 0.6) is 0 Å². The molecule has 0 radical (unpaired) electrons. The van der Waals surface area contributed by atoms with E-state index in [1.54, 1.807) is 0 Å². The van der Waals surface area contributed by atoms with Gasteiger partial charge in [-0.25, -0.2) is 0 Å². The van der Waals surface area contributed by atoms with Gasteiger partial charge in [0.15, 0.2) is 0 Å². The molecular weight excluding hydrogens is 234 g/mol. The minimum Gasteiger partial charge on any atom is -0.375 e. The van der Waals surface area contributed by atoms with Crippen LogP contribution in [0, 0.1) is 10.1 Å². The summed E-state index contributed by atoms with van der Waals surface area (Å²) in [5, 5.41) is 14.1. The average molecular weight is 251 g/mol. The fraction of sp³-hybridized carbons (Fsp3) is 0.417. The summed E-state index contributed by atoms with van der Waals surface area (Å²) in [4.78, 5) is 21.5. The first-order chi connectivity index (χ1) is 8.26. The summed E-state index contributed by atoms with van der Waals surface area (Å²) in [5.41, 5.74) is 5.21. The summed E-state index contributed by atoms with van der Waals surface area (Å²) in [6, 6.07) is 4.18. The zero-order valence-electron chi connectivity index (χ0n) is 10.7. The van der Waals surface area contributed by atoms with Gasteiger partial charge in [-0.2, -0.15) is 0 Å². The summed E-state index contributed by atoms with van der Waals surface area (Å²) in [7, 11) is 0. The van der Waals surface area contributed by atoms with Gasteiger partial charge in [-0.15, -0.1) is 0 Å². The molecule has 3 N–H and O–H groups in total. The topological polar surface area (TPSA) is 98.3 Å². The monoisotopic (exact) mass is 251 g/mol. The molecule has 0 saturated carbocycles. The van der Waals surface area contributed by atoms with E-state index in [0.29, 0.717) is 5.69 Å². The summed E-state index contributed by atoms with van der Waals surface area (Å²) in [5.74, 6) is -0.681. The lowest BCUT2D eigenvalue weighted by atomic mass is 10.0. The number of rotatable bonds is 5. The van der Waals surface area contributed by atoms with Gasteiger partial charge in [-0.3, -0.25) is 14.9 Å². The third-order valence-corrected chi connectivity index (χ3v) is 2.84. The van der Waals surface area contributed by atoms with Gasteiger partial charge >= 0.3 is 0 Å². The Hall–Kier alpha value is -2.11. The van der Waals surface area contributed by atoms with Crippen LogP contribution < -0.4 is 11.1 Å². The molecule has 0 heterocycles. The molecule has 0 aliphatic rings. The highest BCUT2D eigenvalue weighted by Crippen LogP contribution is 2.29. The van der Waals surface area contributed by atoms with Crippen molar-refractivity contribution in [1.82, 2.24) is 0 Å². The van der Waals surface area contributed by atoms with E-state index in [9.17, 15) is 14.9 Å². The number of primary amides is 1. The molecule has 1 aromatic carbocycles. The normalized spacial score (nSPS) is 11.1. The fourth-order valence-corrected chi connectivity index (χ4v) is 1.39. The van der Waals surface area contributed by atoms with Crippen molar-refractivity contribution >= 4 is 17.3 Å². The van der Waals surface area contributed by atoms with Crippen LogP contribution >= 0.6 is 0 Å².